The molecule has 1 aromatic carbocycles. The van der Waals surface area contributed by atoms with Crippen molar-refractivity contribution in [3.8, 4) is 0 Å². The van der Waals surface area contributed by atoms with Gasteiger partial charge in [-0.25, -0.2) is 0 Å². The van der Waals surface area contributed by atoms with E-state index in [1.54, 1.807) is 0 Å². The SMILES string of the molecule is O=C(O)CC[C@H]1CCC(=O)N1Cc1ccccc1. The minimum atomic E-state index is -0.797. The van der Waals surface area contributed by atoms with Gasteiger partial charge in [-0.15, -0.1) is 0 Å². The van der Waals surface area contributed by atoms with E-state index in [0.29, 0.717) is 19.4 Å². The van der Waals surface area contributed by atoms with Crippen molar-refractivity contribution in [2.45, 2.75) is 38.3 Å². The smallest absolute Gasteiger partial charge is 0.303 e. The molecule has 0 aromatic heterocycles. The Morgan fingerprint density at radius 2 is 2.06 bits per heavy atom. The van der Waals surface area contributed by atoms with Gasteiger partial charge in [0.25, 0.3) is 0 Å². The lowest BCUT2D eigenvalue weighted by Gasteiger charge is -2.24. The minimum absolute atomic E-state index is 0.0776. The van der Waals surface area contributed by atoms with Gasteiger partial charge in [-0.3, -0.25) is 9.59 Å². The van der Waals surface area contributed by atoms with E-state index in [1.807, 2.05) is 35.2 Å². The number of hydrogen-bond donors (Lipinski definition) is 1. The normalized spacial score (nSPS) is 19.2. The largest absolute Gasteiger partial charge is 0.481 e. The molecule has 1 amide bonds. The minimum Gasteiger partial charge on any atom is -0.481 e. The fourth-order valence-corrected chi connectivity index (χ4v) is 2.38. The number of aliphatic carboxylic acids is 1. The fourth-order valence-electron chi connectivity index (χ4n) is 2.38. The van der Waals surface area contributed by atoms with E-state index in [2.05, 4.69) is 0 Å². The molecule has 1 atom stereocenters. The maximum Gasteiger partial charge on any atom is 0.303 e. The van der Waals surface area contributed by atoms with Crippen LogP contribution in [-0.2, 0) is 16.1 Å². The highest BCUT2D eigenvalue weighted by molar-refractivity contribution is 5.79. The first-order valence-corrected chi connectivity index (χ1v) is 6.22. The van der Waals surface area contributed by atoms with E-state index in [4.69, 9.17) is 5.11 Å². The molecule has 96 valence electrons. The second-order valence-corrected chi connectivity index (χ2v) is 4.63. The number of hydrogen-bond acceptors (Lipinski definition) is 2. The Morgan fingerprint density at radius 3 is 2.72 bits per heavy atom. The van der Waals surface area contributed by atoms with E-state index in [0.717, 1.165) is 12.0 Å². The molecule has 1 N–H and O–H groups in total. The van der Waals surface area contributed by atoms with Gasteiger partial charge in [-0.2, -0.15) is 0 Å². The number of rotatable bonds is 5. The topological polar surface area (TPSA) is 57.6 Å². The van der Waals surface area contributed by atoms with Crippen LogP contribution < -0.4 is 0 Å². The zero-order chi connectivity index (χ0) is 13.0. The van der Waals surface area contributed by atoms with Crippen LogP contribution in [0.1, 0.15) is 31.2 Å². The highest BCUT2D eigenvalue weighted by atomic mass is 16.4. The molecule has 0 radical (unpaired) electrons. The van der Waals surface area contributed by atoms with Crippen molar-refractivity contribution in [3.63, 3.8) is 0 Å². The van der Waals surface area contributed by atoms with Gasteiger partial charge < -0.3 is 10.0 Å². The summed E-state index contributed by atoms with van der Waals surface area (Å²) in [4.78, 5) is 24.2. The number of carbonyl (C=O) groups is 2. The molecular weight excluding hydrogens is 230 g/mol. The van der Waals surface area contributed by atoms with E-state index >= 15 is 0 Å². The Bertz CT molecular complexity index is 430. The number of benzene rings is 1. The number of nitrogens with zero attached hydrogens (tertiary/aromatic N) is 1. The molecule has 4 nitrogen and oxygen atoms in total. The van der Waals surface area contributed by atoms with Gasteiger partial charge in [0.05, 0.1) is 0 Å². The molecule has 0 aliphatic carbocycles. The molecule has 1 fully saturated rings. The van der Waals surface area contributed by atoms with Crippen LogP contribution in [0.2, 0.25) is 0 Å². The third-order valence-electron chi connectivity index (χ3n) is 3.34. The van der Waals surface area contributed by atoms with Gasteiger partial charge >= 0.3 is 5.97 Å². The van der Waals surface area contributed by atoms with Crippen molar-refractivity contribution in [2.24, 2.45) is 0 Å². The summed E-state index contributed by atoms with van der Waals surface area (Å²) < 4.78 is 0. The monoisotopic (exact) mass is 247 g/mol. The fraction of sp³-hybridized carbons (Fsp3) is 0.429. The zero-order valence-corrected chi connectivity index (χ0v) is 10.2. The first-order valence-electron chi connectivity index (χ1n) is 6.22. The van der Waals surface area contributed by atoms with Crippen LogP contribution in [0.4, 0.5) is 0 Å². The van der Waals surface area contributed by atoms with Crippen LogP contribution >= 0.6 is 0 Å². The Labute approximate surface area is 106 Å². The summed E-state index contributed by atoms with van der Waals surface area (Å²) in [5.74, 6) is -0.664. The molecule has 1 saturated heterocycles. The van der Waals surface area contributed by atoms with Crippen molar-refractivity contribution < 1.29 is 14.7 Å². The molecular formula is C14H17NO3. The summed E-state index contributed by atoms with van der Waals surface area (Å²) in [7, 11) is 0. The number of carbonyl (C=O) groups excluding carboxylic acids is 1. The van der Waals surface area contributed by atoms with Crippen molar-refractivity contribution >= 4 is 11.9 Å². The molecule has 0 saturated carbocycles. The van der Waals surface area contributed by atoms with Gasteiger partial charge in [-0.1, -0.05) is 30.3 Å². The molecule has 2 rings (SSSR count). The van der Waals surface area contributed by atoms with Gasteiger partial charge in [-0.05, 0) is 18.4 Å². The summed E-state index contributed by atoms with van der Waals surface area (Å²) in [5.41, 5.74) is 1.09. The van der Waals surface area contributed by atoms with Crippen LogP contribution in [0.5, 0.6) is 0 Å². The average molecular weight is 247 g/mol. The van der Waals surface area contributed by atoms with E-state index in [1.165, 1.54) is 0 Å². The first-order chi connectivity index (χ1) is 8.66. The van der Waals surface area contributed by atoms with E-state index in [9.17, 15) is 9.59 Å². The van der Waals surface area contributed by atoms with E-state index < -0.39 is 5.97 Å². The standard InChI is InChI=1S/C14H17NO3/c16-13-8-6-12(7-9-14(17)18)15(13)10-11-4-2-1-3-5-11/h1-5,12H,6-10H2,(H,17,18)/t12-/m1/s1. The highest BCUT2D eigenvalue weighted by Gasteiger charge is 2.30. The highest BCUT2D eigenvalue weighted by Crippen LogP contribution is 2.24. The van der Waals surface area contributed by atoms with Crippen molar-refractivity contribution in [3.05, 3.63) is 35.9 Å². The second kappa shape index (κ2) is 5.67. The Morgan fingerprint density at radius 1 is 1.33 bits per heavy atom. The first kappa shape index (κ1) is 12.6. The predicted molar refractivity (Wildman–Crippen MR) is 66.9 cm³/mol. The molecule has 4 heteroatoms. The maximum atomic E-state index is 11.8. The summed E-state index contributed by atoms with van der Waals surface area (Å²) >= 11 is 0. The molecule has 1 aromatic rings. The van der Waals surface area contributed by atoms with Gasteiger partial charge in [0.1, 0.15) is 0 Å². The van der Waals surface area contributed by atoms with E-state index in [-0.39, 0.29) is 18.4 Å². The lowest BCUT2D eigenvalue weighted by molar-refractivity contribution is -0.138. The quantitative estimate of drug-likeness (QED) is 0.866. The number of carboxylic acid groups (broad SMARTS) is 1. The Kier molecular flexibility index (Phi) is 3.97. The van der Waals surface area contributed by atoms with Crippen molar-refractivity contribution in [1.29, 1.82) is 0 Å². The predicted octanol–water partition coefficient (Wildman–Crippen LogP) is 2.04. The van der Waals surface area contributed by atoms with Crippen molar-refractivity contribution in [2.75, 3.05) is 0 Å². The maximum absolute atomic E-state index is 11.8. The van der Waals surface area contributed by atoms with Crippen LogP contribution in [-0.4, -0.2) is 27.9 Å². The molecule has 18 heavy (non-hydrogen) atoms. The summed E-state index contributed by atoms with van der Waals surface area (Å²) in [6.45, 7) is 0.587. The number of likely N-dealkylation sites (tertiary alicyclic amines) is 1. The third kappa shape index (κ3) is 3.09. The number of carboxylic acids is 1. The molecule has 1 aliphatic rings. The Balaban J connectivity index is 1.99. The number of amides is 1. The van der Waals surface area contributed by atoms with Crippen LogP contribution in [0, 0.1) is 0 Å². The lowest BCUT2D eigenvalue weighted by atomic mass is 10.1. The van der Waals surface area contributed by atoms with Gasteiger partial charge in [0.2, 0.25) is 5.91 Å². The second-order valence-electron chi connectivity index (χ2n) is 4.63. The van der Waals surface area contributed by atoms with Crippen LogP contribution in [0.25, 0.3) is 0 Å². The average Bonchev–Trinajstić information content (AvgIpc) is 2.70. The summed E-state index contributed by atoms with van der Waals surface area (Å²) in [6, 6.07) is 9.88. The van der Waals surface area contributed by atoms with Gasteiger partial charge in [0.15, 0.2) is 0 Å². The van der Waals surface area contributed by atoms with Crippen LogP contribution in [0.15, 0.2) is 30.3 Å². The summed E-state index contributed by atoms with van der Waals surface area (Å²) in [6.07, 6.45) is 1.99. The molecule has 1 aliphatic heterocycles. The molecule has 0 spiro atoms. The third-order valence-corrected chi connectivity index (χ3v) is 3.34. The van der Waals surface area contributed by atoms with Crippen LogP contribution in [0.3, 0.4) is 0 Å². The molecule has 0 unspecified atom stereocenters. The molecule has 1 heterocycles. The summed E-state index contributed by atoms with van der Waals surface area (Å²) in [5, 5.41) is 8.71. The van der Waals surface area contributed by atoms with Gasteiger partial charge in [0, 0.05) is 25.4 Å². The Hall–Kier alpha value is -1.84. The lowest BCUT2D eigenvalue weighted by Crippen LogP contribution is -2.32. The molecule has 0 bridgehead atoms. The zero-order valence-electron chi connectivity index (χ0n) is 10.2. The van der Waals surface area contributed by atoms with Crippen molar-refractivity contribution in [1.82, 2.24) is 4.90 Å².